The molecule has 7 nitrogen and oxygen atoms in total. The minimum Gasteiger partial charge on any atom is -0.489 e. The fourth-order valence-corrected chi connectivity index (χ4v) is 4.28. The number of sulfonamides is 1. The molecule has 158 valence electrons. The van der Waals surface area contributed by atoms with Crippen LogP contribution in [0.1, 0.15) is 39.2 Å². The van der Waals surface area contributed by atoms with Crippen LogP contribution in [0.3, 0.4) is 0 Å². The Morgan fingerprint density at radius 3 is 2.64 bits per heavy atom. The number of piperidine rings is 1. The van der Waals surface area contributed by atoms with E-state index >= 15 is 0 Å². The van der Waals surface area contributed by atoms with Crippen LogP contribution in [0, 0.1) is 6.92 Å². The lowest BCUT2D eigenvalue weighted by Gasteiger charge is -2.32. The number of ether oxygens (including phenoxy) is 1. The molecule has 2 N–H and O–H groups in total. The number of guanidine groups is 1. The van der Waals surface area contributed by atoms with Gasteiger partial charge in [0.25, 0.3) is 0 Å². The Bertz CT molecular complexity index is 744. The standard InChI is InChI=1S/C20H34N4O3S/c1-5-21-20(22-15-17(4)27-19-9-7-8-16(3)14-19)23-18-10-12-24(13-11-18)28(25,26)6-2/h7-9,14,17-18H,5-6,10-13,15H2,1-4H3,(H2,21,22,23). The molecular weight excluding hydrogens is 376 g/mol. The zero-order valence-electron chi connectivity index (χ0n) is 17.4. The molecule has 1 aliphatic rings. The van der Waals surface area contributed by atoms with Crippen molar-refractivity contribution in [2.45, 2.75) is 52.7 Å². The fraction of sp³-hybridized carbons (Fsp3) is 0.650. The van der Waals surface area contributed by atoms with Gasteiger partial charge in [-0.05, 0) is 58.2 Å². The zero-order chi connectivity index (χ0) is 20.6. The van der Waals surface area contributed by atoms with E-state index in [-0.39, 0.29) is 17.9 Å². The molecule has 0 saturated carbocycles. The summed E-state index contributed by atoms with van der Waals surface area (Å²) in [7, 11) is -3.09. The molecule has 0 bridgehead atoms. The Labute approximate surface area is 169 Å². The highest BCUT2D eigenvalue weighted by Crippen LogP contribution is 2.15. The molecule has 0 aliphatic carbocycles. The highest BCUT2D eigenvalue weighted by molar-refractivity contribution is 7.89. The molecule has 1 heterocycles. The van der Waals surface area contributed by atoms with Crippen molar-refractivity contribution in [3.05, 3.63) is 29.8 Å². The molecule has 1 aromatic carbocycles. The normalized spacial score (nSPS) is 17.9. The van der Waals surface area contributed by atoms with E-state index in [1.165, 1.54) is 5.56 Å². The van der Waals surface area contributed by atoms with Gasteiger partial charge in [-0.1, -0.05) is 12.1 Å². The Hall–Kier alpha value is -1.80. The van der Waals surface area contributed by atoms with E-state index in [0.717, 1.165) is 31.1 Å². The lowest BCUT2D eigenvalue weighted by Crippen LogP contribution is -2.50. The number of aliphatic imine (C=N–C) groups is 1. The van der Waals surface area contributed by atoms with Gasteiger partial charge in [-0.25, -0.2) is 17.7 Å². The van der Waals surface area contributed by atoms with Gasteiger partial charge < -0.3 is 15.4 Å². The zero-order valence-corrected chi connectivity index (χ0v) is 18.3. The van der Waals surface area contributed by atoms with Crippen LogP contribution in [0.5, 0.6) is 5.75 Å². The number of rotatable bonds is 8. The maximum atomic E-state index is 12.0. The molecule has 1 saturated heterocycles. The summed E-state index contributed by atoms with van der Waals surface area (Å²) in [6, 6.07) is 8.21. The second-order valence-electron chi connectivity index (χ2n) is 7.18. The SMILES string of the molecule is CCNC(=NCC(C)Oc1cccc(C)c1)NC1CCN(S(=O)(=O)CC)CC1. The van der Waals surface area contributed by atoms with Gasteiger partial charge >= 0.3 is 0 Å². The summed E-state index contributed by atoms with van der Waals surface area (Å²) in [5.41, 5.74) is 1.17. The maximum absolute atomic E-state index is 12.0. The van der Waals surface area contributed by atoms with Crippen LogP contribution in [-0.4, -0.2) is 62.8 Å². The lowest BCUT2D eigenvalue weighted by molar-refractivity contribution is 0.230. The average Bonchev–Trinajstić information content (AvgIpc) is 2.67. The summed E-state index contributed by atoms with van der Waals surface area (Å²) in [4.78, 5) is 4.65. The van der Waals surface area contributed by atoms with E-state index in [1.807, 2.05) is 45.0 Å². The first-order valence-corrected chi connectivity index (χ1v) is 11.7. The maximum Gasteiger partial charge on any atom is 0.213 e. The third-order valence-corrected chi connectivity index (χ3v) is 6.61. The summed E-state index contributed by atoms with van der Waals surface area (Å²) in [5.74, 6) is 1.76. The summed E-state index contributed by atoms with van der Waals surface area (Å²) >= 11 is 0. The summed E-state index contributed by atoms with van der Waals surface area (Å²) in [5, 5.41) is 6.70. The molecule has 8 heteroatoms. The van der Waals surface area contributed by atoms with Crippen LogP contribution in [0.15, 0.2) is 29.3 Å². The molecule has 0 radical (unpaired) electrons. The Balaban J connectivity index is 1.87. The van der Waals surface area contributed by atoms with Crippen LogP contribution >= 0.6 is 0 Å². The number of aryl methyl sites for hydroxylation is 1. The van der Waals surface area contributed by atoms with Crippen molar-refractivity contribution in [1.82, 2.24) is 14.9 Å². The van der Waals surface area contributed by atoms with Gasteiger partial charge in [0.2, 0.25) is 10.0 Å². The molecule has 0 spiro atoms. The number of hydrogen-bond donors (Lipinski definition) is 2. The molecule has 1 aliphatic heterocycles. The van der Waals surface area contributed by atoms with Gasteiger partial charge in [0.15, 0.2) is 5.96 Å². The van der Waals surface area contributed by atoms with Gasteiger partial charge in [-0.15, -0.1) is 0 Å². The molecule has 1 atom stereocenters. The smallest absolute Gasteiger partial charge is 0.213 e. The van der Waals surface area contributed by atoms with Crippen molar-refractivity contribution >= 4 is 16.0 Å². The first kappa shape index (κ1) is 22.5. The van der Waals surface area contributed by atoms with E-state index in [4.69, 9.17) is 4.74 Å². The Morgan fingerprint density at radius 2 is 2.04 bits per heavy atom. The predicted octanol–water partition coefficient (Wildman–Crippen LogP) is 2.13. The first-order valence-electron chi connectivity index (χ1n) is 10.1. The third-order valence-electron chi connectivity index (χ3n) is 4.73. The topological polar surface area (TPSA) is 83.0 Å². The molecule has 1 fully saturated rings. The largest absolute Gasteiger partial charge is 0.489 e. The van der Waals surface area contributed by atoms with Gasteiger partial charge in [-0.3, -0.25) is 0 Å². The van der Waals surface area contributed by atoms with Crippen LogP contribution < -0.4 is 15.4 Å². The second-order valence-corrected chi connectivity index (χ2v) is 9.44. The Kier molecular flexibility index (Phi) is 8.57. The highest BCUT2D eigenvalue weighted by Gasteiger charge is 2.27. The summed E-state index contributed by atoms with van der Waals surface area (Å²) in [6.07, 6.45) is 1.51. The van der Waals surface area contributed by atoms with Crippen molar-refractivity contribution in [2.24, 2.45) is 4.99 Å². The number of nitrogens with one attached hydrogen (secondary N) is 2. The van der Waals surface area contributed by atoms with Crippen LogP contribution in [0.4, 0.5) is 0 Å². The van der Waals surface area contributed by atoms with Crippen molar-refractivity contribution in [3.63, 3.8) is 0 Å². The van der Waals surface area contributed by atoms with E-state index in [9.17, 15) is 8.42 Å². The van der Waals surface area contributed by atoms with E-state index in [0.29, 0.717) is 19.6 Å². The highest BCUT2D eigenvalue weighted by atomic mass is 32.2. The van der Waals surface area contributed by atoms with Crippen LogP contribution in [-0.2, 0) is 10.0 Å². The number of benzene rings is 1. The van der Waals surface area contributed by atoms with Crippen LogP contribution in [0.2, 0.25) is 0 Å². The lowest BCUT2D eigenvalue weighted by atomic mass is 10.1. The molecule has 1 unspecified atom stereocenters. The molecule has 0 aromatic heterocycles. The molecule has 1 aromatic rings. The molecule has 0 amide bonds. The van der Waals surface area contributed by atoms with Gasteiger partial charge in [0, 0.05) is 25.7 Å². The second kappa shape index (κ2) is 10.7. The predicted molar refractivity (Wildman–Crippen MR) is 114 cm³/mol. The monoisotopic (exact) mass is 410 g/mol. The van der Waals surface area contributed by atoms with E-state index in [2.05, 4.69) is 15.6 Å². The minimum absolute atomic E-state index is 0.0474. The summed E-state index contributed by atoms with van der Waals surface area (Å²) in [6.45, 7) is 10.2. The van der Waals surface area contributed by atoms with Gasteiger partial charge in [0.1, 0.15) is 11.9 Å². The van der Waals surface area contributed by atoms with Gasteiger partial charge in [-0.2, -0.15) is 0 Å². The van der Waals surface area contributed by atoms with Crippen molar-refractivity contribution in [3.8, 4) is 5.75 Å². The van der Waals surface area contributed by atoms with Crippen molar-refractivity contribution in [1.29, 1.82) is 0 Å². The van der Waals surface area contributed by atoms with Crippen LogP contribution in [0.25, 0.3) is 0 Å². The van der Waals surface area contributed by atoms with Crippen molar-refractivity contribution < 1.29 is 13.2 Å². The minimum atomic E-state index is -3.09. The number of nitrogens with zero attached hydrogens (tertiary/aromatic N) is 2. The number of hydrogen-bond acceptors (Lipinski definition) is 4. The Morgan fingerprint density at radius 1 is 1.32 bits per heavy atom. The van der Waals surface area contributed by atoms with E-state index in [1.54, 1.807) is 11.2 Å². The first-order chi connectivity index (χ1) is 13.3. The van der Waals surface area contributed by atoms with Gasteiger partial charge in [0.05, 0.1) is 12.3 Å². The van der Waals surface area contributed by atoms with E-state index < -0.39 is 10.0 Å². The fourth-order valence-electron chi connectivity index (χ4n) is 3.15. The summed E-state index contributed by atoms with van der Waals surface area (Å²) < 4.78 is 31.5. The molecule has 28 heavy (non-hydrogen) atoms. The average molecular weight is 411 g/mol. The molecule has 2 rings (SSSR count). The van der Waals surface area contributed by atoms with Crippen molar-refractivity contribution in [2.75, 3.05) is 31.9 Å². The quantitative estimate of drug-likeness (QED) is 0.507. The molecular formula is C20H34N4O3S. The third kappa shape index (κ3) is 6.98.